The summed E-state index contributed by atoms with van der Waals surface area (Å²) in [6.45, 7) is 2.64. The molecule has 26 heavy (non-hydrogen) atoms. The molecule has 0 saturated heterocycles. The van der Waals surface area contributed by atoms with Gasteiger partial charge in [0.05, 0.1) is 4.92 Å². The minimum absolute atomic E-state index is 0.0984. The van der Waals surface area contributed by atoms with Gasteiger partial charge in [0.15, 0.2) is 0 Å². The molecule has 0 radical (unpaired) electrons. The number of benzene rings is 1. The highest BCUT2D eigenvalue weighted by Crippen LogP contribution is 2.30. The number of halogens is 1. The van der Waals surface area contributed by atoms with Crippen LogP contribution in [0.25, 0.3) is 0 Å². The van der Waals surface area contributed by atoms with E-state index in [0.29, 0.717) is 17.1 Å². The molecule has 0 saturated carbocycles. The first-order valence-electron chi connectivity index (χ1n) is 7.96. The molecule has 0 aliphatic heterocycles. The average molecular weight is 379 g/mol. The first-order chi connectivity index (χ1) is 12.4. The Morgan fingerprint density at radius 1 is 1.38 bits per heavy atom. The smallest absolute Gasteiger partial charge is 0.354 e. The number of anilines is 2. The Hall–Kier alpha value is -2.94. The number of carbonyl (C=O) groups excluding carboxylic acids is 1. The molecule has 0 spiro atoms. The molecule has 9 nitrogen and oxygen atoms in total. The number of nitrogens with one attached hydrogen (secondary N) is 2. The molecule has 0 fully saturated rings. The van der Waals surface area contributed by atoms with Crippen molar-refractivity contribution in [2.45, 2.75) is 19.8 Å². The first-order valence-corrected chi connectivity index (χ1v) is 8.34. The lowest BCUT2D eigenvalue weighted by molar-refractivity contribution is -0.383. The van der Waals surface area contributed by atoms with Crippen LogP contribution in [-0.2, 0) is 0 Å². The maximum Gasteiger partial charge on any atom is 0.355 e. The molecule has 0 unspecified atom stereocenters. The highest BCUT2D eigenvalue weighted by molar-refractivity contribution is 6.30. The van der Waals surface area contributed by atoms with E-state index in [0.717, 1.165) is 12.8 Å². The Bertz CT molecular complexity index is 801. The summed E-state index contributed by atoms with van der Waals surface area (Å²) in [4.78, 5) is 32.7. The fourth-order valence-corrected chi connectivity index (χ4v) is 2.42. The van der Waals surface area contributed by atoms with Gasteiger partial charge in [-0.3, -0.25) is 25.8 Å². The third-order valence-corrected chi connectivity index (χ3v) is 3.81. The largest absolute Gasteiger partial charge is 0.355 e. The molecule has 1 aromatic carbocycles. The number of nitro groups is 1. The van der Waals surface area contributed by atoms with E-state index < -0.39 is 10.8 Å². The van der Waals surface area contributed by atoms with E-state index in [4.69, 9.17) is 11.6 Å². The molecule has 138 valence electrons. The summed E-state index contributed by atoms with van der Waals surface area (Å²) in [5.74, 6) is -0.419. The summed E-state index contributed by atoms with van der Waals surface area (Å²) in [6.07, 6.45) is 3.02. The van der Waals surface area contributed by atoms with Crippen LogP contribution in [0.3, 0.4) is 0 Å². The van der Waals surface area contributed by atoms with E-state index in [1.54, 1.807) is 30.1 Å². The summed E-state index contributed by atoms with van der Waals surface area (Å²) in [5.41, 5.74) is 4.89. The second-order valence-electron chi connectivity index (χ2n) is 5.52. The van der Waals surface area contributed by atoms with Crippen LogP contribution in [0.5, 0.6) is 0 Å². The van der Waals surface area contributed by atoms with Crippen molar-refractivity contribution < 1.29 is 9.72 Å². The van der Waals surface area contributed by atoms with Crippen molar-refractivity contribution in [3.63, 3.8) is 0 Å². The predicted octanol–water partition coefficient (Wildman–Crippen LogP) is 3.03. The molecular weight excluding hydrogens is 360 g/mol. The van der Waals surface area contributed by atoms with E-state index >= 15 is 0 Å². The lowest BCUT2D eigenvalue weighted by atomic mass is 10.2. The fraction of sp³-hybridized carbons (Fsp3) is 0.312. The minimum Gasteiger partial charge on any atom is -0.354 e. The molecule has 2 rings (SSSR count). The van der Waals surface area contributed by atoms with Crippen LogP contribution in [0.1, 0.15) is 30.1 Å². The Balaban J connectivity index is 2.20. The SMILES string of the molecule is CCCCN(C)c1ncnc(NNC(=O)c2cccc(Cl)c2)c1[N+](=O)[O-]. The number of carbonyl (C=O) groups is 1. The van der Waals surface area contributed by atoms with Gasteiger partial charge in [-0.2, -0.15) is 0 Å². The van der Waals surface area contributed by atoms with Crippen molar-refractivity contribution in [2.75, 3.05) is 23.9 Å². The van der Waals surface area contributed by atoms with Crippen molar-refractivity contribution in [3.8, 4) is 0 Å². The number of aromatic nitrogens is 2. The van der Waals surface area contributed by atoms with Gasteiger partial charge in [0.1, 0.15) is 6.33 Å². The quantitative estimate of drug-likeness (QED) is 0.536. The molecule has 1 amide bonds. The summed E-state index contributed by atoms with van der Waals surface area (Å²) >= 11 is 5.85. The second kappa shape index (κ2) is 8.95. The molecular formula is C16H19ClN6O3. The van der Waals surface area contributed by atoms with Crippen molar-refractivity contribution in [2.24, 2.45) is 0 Å². The fourth-order valence-electron chi connectivity index (χ4n) is 2.23. The van der Waals surface area contributed by atoms with Gasteiger partial charge < -0.3 is 4.90 Å². The number of rotatable bonds is 8. The predicted molar refractivity (Wildman–Crippen MR) is 99.4 cm³/mol. The molecule has 0 aliphatic carbocycles. The summed E-state index contributed by atoms with van der Waals surface area (Å²) in [6, 6.07) is 6.32. The molecule has 1 heterocycles. The van der Waals surface area contributed by atoms with Crippen molar-refractivity contribution in [1.29, 1.82) is 0 Å². The van der Waals surface area contributed by atoms with Gasteiger partial charge in [0.25, 0.3) is 5.91 Å². The second-order valence-corrected chi connectivity index (χ2v) is 5.95. The maximum absolute atomic E-state index is 12.2. The standard InChI is InChI=1S/C16H19ClN6O3/c1-3-4-8-22(2)15-13(23(25)26)14(18-10-19-15)20-21-16(24)11-6-5-7-12(17)9-11/h5-7,9-10H,3-4,8H2,1-2H3,(H,21,24)(H,18,19,20). The first kappa shape index (κ1) is 19.4. The zero-order valence-electron chi connectivity index (χ0n) is 14.4. The zero-order valence-corrected chi connectivity index (χ0v) is 15.2. The van der Waals surface area contributed by atoms with Gasteiger partial charge in [-0.25, -0.2) is 9.97 Å². The highest BCUT2D eigenvalue weighted by Gasteiger charge is 2.25. The Morgan fingerprint density at radius 3 is 2.81 bits per heavy atom. The van der Waals surface area contributed by atoms with Crippen molar-refractivity contribution >= 4 is 34.8 Å². The average Bonchev–Trinajstić information content (AvgIpc) is 2.63. The van der Waals surface area contributed by atoms with E-state index in [1.807, 2.05) is 6.92 Å². The van der Waals surface area contributed by atoms with Gasteiger partial charge in [-0.05, 0) is 24.6 Å². The van der Waals surface area contributed by atoms with Crippen molar-refractivity contribution in [1.82, 2.24) is 15.4 Å². The Morgan fingerprint density at radius 2 is 2.15 bits per heavy atom. The highest BCUT2D eigenvalue weighted by atomic mass is 35.5. The van der Waals surface area contributed by atoms with Crippen molar-refractivity contribution in [3.05, 3.63) is 51.3 Å². The lowest BCUT2D eigenvalue weighted by Crippen LogP contribution is -2.31. The van der Waals surface area contributed by atoms with Crippen LogP contribution >= 0.6 is 11.6 Å². The number of amides is 1. The number of hydrogen-bond acceptors (Lipinski definition) is 7. The molecule has 0 aliphatic rings. The van der Waals surface area contributed by atoms with Gasteiger partial charge >= 0.3 is 5.69 Å². The number of hydrazine groups is 1. The summed E-state index contributed by atoms with van der Waals surface area (Å²) in [7, 11) is 1.72. The van der Waals surface area contributed by atoms with E-state index in [-0.39, 0.29) is 17.3 Å². The van der Waals surface area contributed by atoms with Gasteiger partial charge in [0.2, 0.25) is 11.6 Å². The molecule has 10 heteroatoms. The van der Waals surface area contributed by atoms with E-state index in [1.165, 1.54) is 12.4 Å². The van der Waals surface area contributed by atoms with Crippen LogP contribution < -0.4 is 15.8 Å². The maximum atomic E-state index is 12.2. The molecule has 0 atom stereocenters. The Kier molecular flexibility index (Phi) is 6.67. The lowest BCUT2D eigenvalue weighted by Gasteiger charge is -2.18. The third kappa shape index (κ3) is 4.79. The van der Waals surface area contributed by atoms with Gasteiger partial charge in [-0.15, -0.1) is 0 Å². The monoisotopic (exact) mass is 378 g/mol. The number of unbranched alkanes of at least 4 members (excludes halogenated alkanes) is 1. The van der Waals surface area contributed by atoms with Crippen LogP contribution in [0, 0.1) is 10.1 Å². The van der Waals surface area contributed by atoms with Crippen LogP contribution in [0.15, 0.2) is 30.6 Å². The number of nitrogens with zero attached hydrogens (tertiary/aromatic N) is 4. The summed E-state index contributed by atoms with van der Waals surface area (Å²) in [5, 5.41) is 11.9. The molecule has 2 aromatic rings. The Labute approximate surface area is 155 Å². The van der Waals surface area contributed by atoms with Crippen LogP contribution in [-0.4, -0.2) is 34.4 Å². The van der Waals surface area contributed by atoms with E-state index in [2.05, 4.69) is 20.8 Å². The zero-order chi connectivity index (χ0) is 19.1. The molecule has 1 aromatic heterocycles. The van der Waals surface area contributed by atoms with Gasteiger partial charge in [0, 0.05) is 24.2 Å². The molecule has 2 N–H and O–H groups in total. The normalized spacial score (nSPS) is 10.3. The molecule has 0 bridgehead atoms. The third-order valence-electron chi connectivity index (χ3n) is 3.58. The topological polar surface area (TPSA) is 113 Å². The van der Waals surface area contributed by atoms with Crippen LogP contribution in [0.2, 0.25) is 5.02 Å². The van der Waals surface area contributed by atoms with E-state index in [9.17, 15) is 14.9 Å². The summed E-state index contributed by atoms with van der Waals surface area (Å²) < 4.78 is 0. The van der Waals surface area contributed by atoms with Gasteiger partial charge in [-0.1, -0.05) is 31.0 Å². The van der Waals surface area contributed by atoms with Crippen LogP contribution in [0.4, 0.5) is 17.3 Å². The number of hydrogen-bond donors (Lipinski definition) is 2. The minimum atomic E-state index is -0.578.